The number of amides is 1. The van der Waals surface area contributed by atoms with Crippen LogP contribution < -0.4 is 0 Å². The van der Waals surface area contributed by atoms with E-state index in [9.17, 15) is 13.2 Å². The molecule has 25 heavy (non-hydrogen) atoms. The molecule has 140 valence electrons. The van der Waals surface area contributed by atoms with Gasteiger partial charge in [0, 0.05) is 6.61 Å². The van der Waals surface area contributed by atoms with Gasteiger partial charge >= 0.3 is 6.09 Å². The van der Waals surface area contributed by atoms with E-state index in [1.165, 1.54) is 6.20 Å². The van der Waals surface area contributed by atoms with Gasteiger partial charge in [0.05, 0.1) is 42.9 Å². The van der Waals surface area contributed by atoms with E-state index in [4.69, 9.17) is 9.47 Å². The van der Waals surface area contributed by atoms with Crippen LogP contribution in [0.15, 0.2) is 11.1 Å². The van der Waals surface area contributed by atoms with Gasteiger partial charge in [-0.2, -0.15) is 5.10 Å². The summed E-state index contributed by atoms with van der Waals surface area (Å²) < 4.78 is 38.1. The van der Waals surface area contributed by atoms with E-state index in [1.807, 2.05) is 6.92 Å². The maximum Gasteiger partial charge on any atom is 0.410 e. The Morgan fingerprint density at radius 3 is 2.72 bits per heavy atom. The molecule has 9 heteroatoms. The van der Waals surface area contributed by atoms with Crippen LogP contribution in [0, 0.1) is 0 Å². The van der Waals surface area contributed by atoms with Crippen molar-refractivity contribution in [1.82, 2.24) is 14.7 Å². The van der Waals surface area contributed by atoms with Gasteiger partial charge in [-0.25, -0.2) is 13.2 Å². The Kier molecular flexibility index (Phi) is 4.57. The molecule has 3 heterocycles. The third-order valence-electron chi connectivity index (χ3n) is 4.46. The Labute approximate surface area is 148 Å². The fraction of sp³-hybridized carbons (Fsp3) is 0.750. The maximum atomic E-state index is 12.9. The topological polar surface area (TPSA) is 90.7 Å². The fourth-order valence-electron chi connectivity index (χ4n) is 3.12. The number of carbonyl (C=O) groups excluding carboxylic acids is 1. The summed E-state index contributed by atoms with van der Waals surface area (Å²) in [6.45, 7) is 8.57. The predicted octanol–water partition coefficient (Wildman–Crippen LogP) is 1.58. The number of rotatable bonds is 2. The van der Waals surface area contributed by atoms with Crippen molar-refractivity contribution in [3.63, 3.8) is 0 Å². The second-order valence-electron chi connectivity index (χ2n) is 7.63. The van der Waals surface area contributed by atoms with E-state index in [0.29, 0.717) is 25.3 Å². The highest BCUT2D eigenvalue weighted by Crippen LogP contribution is 2.29. The van der Waals surface area contributed by atoms with E-state index < -0.39 is 26.8 Å². The van der Waals surface area contributed by atoms with Crippen molar-refractivity contribution in [2.75, 3.05) is 13.2 Å². The average molecular weight is 371 g/mol. The molecule has 0 bridgehead atoms. The Morgan fingerprint density at radius 2 is 2.12 bits per heavy atom. The Morgan fingerprint density at radius 1 is 1.40 bits per heavy atom. The van der Waals surface area contributed by atoms with Crippen molar-refractivity contribution in [1.29, 1.82) is 0 Å². The third-order valence-corrected chi connectivity index (χ3v) is 6.66. The molecule has 0 radical (unpaired) electrons. The molecule has 1 aromatic rings. The van der Waals surface area contributed by atoms with Gasteiger partial charge in [0.25, 0.3) is 0 Å². The molecular formula is C16H25N3O5S. The predicted molar refractivity (Wildman–Crippen MR) is 89.9 cm³/mol. The van der Waals surface area contributed by atoms with Crippen LogP contribution in [-0.4, -0.2) is 59.3 Å². The molecule has 3 rings (SSSR count). The van der Waals surface area contributed by atoms with Crippen molar-refractivity contribution in [3.8, 4) is 0 Å². The molecule has 2 unspecified atom stereocenters. The number of hydrogen-bond acceptors (Lipinski definition) is 6. The van der Waals surface area contributed by atoms with Crippen LogP contribution in [0.4, 0.5) is 4.79 Å². The van der Waals surface area contributed by atoms with Gasteiger partial charge in [0.2, 0.25) is 0 Å². The van der Waals surface area contributed by atoms with Crippen molar-refractivity contribution >= 4 is 15.9 Å². The number of ether oxygens (including phenoxy) is 2. The minimum atomic E-state index is -3.53. The van der Waals surface area contributed by atoms with Crippen LogP contribution >= 0.6 is 0 Å². The van der Waals surface area contributed by atoms with Gasteiger partial charge in [-0.15, -0.1) is 0 Å². The molecule has 1 aromatic heterocycles. The van der Waals surface area contributed by atoms with Gasteiger partial charge in [0.1, 0.15) is 10.5 Å². The molecule has 1 fully saturated rings. The summed E-state index contributed by atoms with van der Waals surface area (Å²) in [6.07, 6.45) is 1.44. The Bertz CT molecular complexity index is 759. The van der Waals surface area contributed by atoms with Gasteiger partial charge in [-0.3, -0.25) is 9.58 Å². The molecule has 2 aliphatic rings. The lowest BCUT2D eigenvalue weighted by Crippen LogP contribution is -2.47. The van der Waals surface area contributed by atoms with Crippen molar-refractivity contribution in [2.45, 2.75) is 69.0 Å². The number of carbonyl (C=O) groups is 1. The molecular weight excluding hydrogens is 346 g/mol. The molecule has 2 atom stereocenters. The lowest BCUT2D eigenvalue weighted by Gasteiger charge is -2.35. The second kappa shape index (κ2) is 6.28. The molecule has 0 saturated carbocycles. The van der Waals surface area contributed by atoms with Crippen LogP contribution in [0.25, 0.3) is 0 Å². The summed E-state index contributed by atoms with van der Waals surface area (Å²) in [6, 6.07) is -0.132. The first kappa shape index (κ1) is 18.2. The number of nitrogens with zero attached hydrogens (tertiary/aromatic N) is 3. The average Bonchev–Trinajstić information content (AvgIpc) is 3.14. The normalized spacial score (nSPS) is 24.2. The highest BCUT2D eigenvalue weighted by atomic mass is 32.2. The summed E-state index contributed by atoms with van der Waals surface area (Å²) >= 11 is 0. The molecule has 0 spiro atoms. The zero-order valence-corrected chi connectivity index (χ0v) is 15.9. The maximum absolute atomic E-state index is 12.9. The molecule has 2 aliphatic heterocycles. The number of fused-ring (bicyclic) bond motifs is 1. The Balaban J connectivity index is 1.89. The minimum Gasteiger partial charge on any atom is -0.444 e. The van der Waals surface area contributed by atoms with E-state index in [-0.39, 0.29) is 24.1 Å². The molecule has 0 N–H and O–H groups in total. The zero-order valence-electron chi connectivity index (χ0n) is 15.1. The standard InChI is InChI=1S/C16H25N3O5S/c1-11-8-19-13(9-18(11)15(20)24-16(2,3)4)14(7-17-19)25(21,22)12-5-6-23-10-12/h7,11-12H,5-6,8-10H2,1-4H3. The van der Waals surface area contributed by atoms with E-state index >= 15 is 0 Å². The zero-order chi connectivity index (χ0) is 18.4. The Hall–Kier alpha value is -1.61. The van der Waals surface area contributed by atoms with Crippen LogP contribution in [-0.2, 0) is 32.4 Å². The van der Waals surface area contributed by atoms with Crippen LogP contribution in [0.1, 0.15) is 39.8 Å². The summed E-state index contributed by atoms with van der Waals surface area (Å²) in [5.74, 6) is 0. The molecule has 0 aliphatic carbocycles. The SMILES string of the molecule is CC1Cn2ncc(S(=O)(=O)C3CCOC3)c2CN1C(=O)OC(C)(C)C. The van der Waals surface area contributed by atoms with Gasteiger partial charge in [0.15, 0.2) is 9.84 Å². The van der Waals surface area contributed by atoms with E-state index in [0.717, 1.165) is 0 Å². The lowest BCUT2D eigenvalue weighted by atomic mass is 10.2. The van der Waals surface area contributed by atoms with E-state index in [2.05, 4.69) is 5.10 Å². The first-order chi connectivity index (χ1) is 11.6. The first-order valence-corrected chi connectivity index (χ1v) is 10.00. The third kappa shape index (κ3) is 3.52. The van der Waals surface area contributed by atoms with Crippen LogP contribution in [0.5, 0.6) is 0 Å². The first-order valence-electron chi connectivity index (χ1n) is 8.45. The molecule has 8 nitrogen and oxygen atoms in total. The number of aromatic nitrogens is 2. The van der Waals surface area contributed by atoms with Crippen molar-refractivity contribution in [3.05, 3.63) is 11.9 Å². The lowest BCUT2D eigenvalue weighted by molar-refractivity contribution is 0.00874. The summed E-state index contributed by atoms with van der Waals surface area (Å²) in [5.41, 5.74) is -0.0687. The van der Waals surface area contributed by atoms with Gasteiger partial charge < -0.3 is 9.47 Å². The fourth-order valence-corrected chi connectivity index (χ4v) is 4.85. The number of hydrogen-bond donors (Lipinski definition) is 0. The van der Waals surface area contributed by atoms with Crippen molar-refractivity contribution in [2.24, 2.45) is 0 Å². The smallest absolute Gasteiger partial charge is 0.410 e. The minimum absolute atomic E-state index is 0.132. The second-order valence-corrected chi connectivity index (χ2v) is 9.82. The van der Waals surface area contributed by atoms with Crippen LogP contribution in [0.3, 0.4) is 0 Å². The highest BCUT2D eigenvalue weighted by molar-refractivity contribution is 7.92. The summed E-state index contributed by atoms with van der Waals surface area (Å²) in [5, 5.41) is 3.69. The quantitative estimate of drug-likeness (QED) is 0.784. The largest absolute Gasteiger partial charge is 0.444 e. The molecule has 1 amide bonds. The molecule has 0 aromatic carbocycles. The summed E-state index contributed by atoms with van der Waals surface area (Å²) in [7, 11) is -3.53. The molecule has 1 saturated heterocycles. The monoisotopic (exact) mass is 371 g/mol. The van der Waals surface area contributed by atoms with Crippen LogP contribution in [0.2, 0.25) is 0 Å². The van der Waals surface area contributed by atoms with E-state index in [1.54, 1.807) is 30.4 Å². The highest BCUT2D eigenvalue weighted by Gasteiger charge is 2.38. The summed E-state index contributed by atoms with van der Waals surface area (Å²) in [4.78, 5) is 14.2. The van der Waals surface area contributed by atoms with Gasteiger partial charge in [-0.1, -0.05) is 0 Å². The van der Waals surface area contributed by atoms with Crippen molar-refractivity contribution < 1.29 is 22.7 Å². The van der Waals surface area contributed by atoms with Gasteiger partial charge in [-0.05, 0) is 34.1 Å². The number of sulfone groups is 1.